The van der Waals surface area contributed by atoms with Gasteiger partial charge >= 0.3 is 0 Å². The lowest BCUT2D eigenvalue weighted by Crippen LogP contribution is -2.13. The summed E-state index contributed by atoms with van der Waals surface area (Å²) in [6.07, 6.45) is 7.04. The van der Waals surface area contributed by atoms with Crippen LogP contribution in [0.5, 0.6) is 0 Å². The minimum atomic E-state index is 0.834. The van der Waals surface area contributed by atoms with Crippen LogP contribution in [0.15, 0.2) is 27.6 Å². The number of benzene rings is 1. The van der Waals surface area contributed by atoms with Gasteiger partial charge in [-0.15, -0.1) is 11.8 Å². The first-order chi connectivity index (χ1) is 8.79. The molecule has 1 aromatic carbocycles. The summed E-state index contributed by atoms with van der Waals surface area (Å²) in [7, 11) is 0. The molecule has 0 aliphatic heterocycles. The Morgan fingerprint density at radius 1 is 1.28 bits per heavy atom. The molecule has 18 heavy (non-hydrogen) atoms. The monoisotopic (exact) mass is 327 g/mol. The highest BCUT2D eigenvalue weighted by molar-refractivity contribution is 9.10. The molecule has 0 heterocycles. The molecule has 0 saturated heterocycles. The molecule has 1 saturated carbocycles. The van der Waals surface area contributed by atoms with Crippen molar-refractivity contribution in [2.24, 2.45) is 0 Å². The van der Waals surface area contributed by atoms with Crippen molar-refractivity contribution in [2.75, 3.05) is 6.54 Å². The first-order valence-corrected chi connectivity index (χ1v) is 8.62. The molecule has 0 spiro atoms. The maximum absolute atomic E-state index is 3.58. The van der Waals surface area contributed by atoms with Gasteiger partial charge in [0.15, 0.2) is 0 Å². The summed E-state index contributed by atoms with van der Waals surface area (Å²) in [6, 6.07) is 6.70. The Morgan fingerprint density at radius 3 is 2.78 bits per heavy atom. The van der Waals surface area contributed by atoms with E-state index in [1.807, 2.05) is 0 Å². The van der Waals surface area contributed by atoms with Crippen LogP contribution in [0.4, 0.5) is 0 Å². The van der Waals surface area contributed by atoms with E-state index in [-0.39, 0.29) is 0 Å². The Balaban J connectivity index is 2.04. The Labute approximate surface area is 123 Å². The van der Waals surface area contributed by atoms with Gasteiger partial charge in [0, 0.05) is 21.2 Å². The smallest absolute Gasteiger partial charge is 0.0216 e. The number of nitrogens with one attached hydrogen (secondary N) is 1. The van der Waals surface area contributed by atoms with Crippen LogP contribution < -0.4 is 5.32 Å². The van der Waals surface area contributed by atoms with Crippen LogP contribution in [0.1, 0.15) is 44.6 Å². The molecule has 1 N–H and O–H groups in total. The molecule has 0 aromatic heterocycles. The third-order valence-corrected chi connectivity index (χ3v) is 5.38. The summed E-state index contributed by atoms with van der Waals surface area (Å²) < 4.78 is 1.18. The number of hydrogen-bond acceptors (Lipinski definition) is 2. The molecular weight excluding hydrogens is 306 g/mol. The van der Waals surface area contributed by atoms with Gasteiger partial charge in [-0.2, -0.15) is 0 Å². The number of rotatable bonds is 5. The van der Waals surface area contributed by atoms with Crippen LogP contribution >= 0.6 is 27.7 Å². The molecule has 1 aliphatic carbocycles. The highest BCUT2D eigenvalue weighted by atomic mass is 79.9. The van der Waals surface area contributed by atoms with Gasteiger partial charge in [0.05, 0.1) is 0 Å². The average molecular weight is 328 g/mol. The van der Waals surface area contributed by atoms with Crippen molar-refractivity contribution < 1.29 is 0 Å². The second-order valence-electron chi connectivity index (χ2n) is 4.91. The first kappa shape index (κ1) is 14.4. The van der Waals surface area contributed by atoms with E-state index in [4.69, 9.17) is 0 Å². The second kappa shape index (κ2) is 7.56. The summed E-state index contributed by atoms with van der Waals surface area (Å²) in [5.74, 6) is 0. The Hall–Kier alpha value is 0.01000. The third kappa shape index (κ3) is 4.29. The lowest BCUT2D eigenvalue weighted by molar-refractivity contribution is 0.516. The van der Waals surface area contributed by atoms with Crippen LogP contribution in [0, 0.1) is 0 Å². The summed E-state index contributed by atoms with van der Waals surface area (Å²) >= 11 is 5.67. The molecule has 3 heteroatoms. The standard InChI is InChI=1S/C15H22BrNS/c1-2-17-11-12-10-13(16)8-9-15(12)18-14-6-4-3-5-7-14/h8-10,14,17H,2-7,11H2,1H3. The van der Waals surface area contributed by atoms with Crippen LogP contribution in [-0.2, 0) is 6.54 Å². The van der Waals surface area contributed by atoms with Crippen molar-refractivity contribution in [2.45, 2.75) is 55.7 Å². The van der Waals surface area contributed by atoms with E-state index >= 15 is 0 Å². The highest BCUT2D eigenvalue weighted by Crippen LogP contribution is 2.36. The van der Waals surface area contributed by atoms with Gasteiger partial charge in [-0.05, 0) is 43.1 Å². The fourth-order valence-corrected chi connectivity index (χ4v) is 4.19. The van der Waals surface area contributed by atoms with E-state index in [1.54, 1.807) is 0 Å². The number of hydrogen-bond donors (Lipinski definition) is 1. The fourth-order valence-electron chi connectivity index (χ4n) is 2.42. The van der Waals surface area contributed by atoms with E-state index in [0.717, 1.165) is 18.3 Å². The normalized spacial score (nSPS) is 17.0. The Bertz CT molecular complexity index is 375. The van der Waals surface area contributed by atoms with Crippen molar-refractivity contribution in [1.29, 1.82) is 0 Å². The number of thioether (sulfide) groups is 1. The van der Waals surface area contributed by atoms with Crippen LogP contribution in [-0.4, -0.2) is 11.8 Å². The minimum Gasteiger partial charge on any atom is -0.313 e. The third-order valence-electron chi connectivity index (χ3n) is 3.43. The predicted molar refractivity (Wildman–Crippen MR) is 84.3 cm³/mol. The molecule has 0 bridgehead atoms. The molecule has 1 aliphatic rings. The van der Waals surface area contributed by atoms with Gasteiger partial charge in [0.1, 0.15) is 0 Å². The van der Waals surface area contributed by atoms with Gasteiger partial charge in [-0.1, -0.05) is 42.1 Å². The first-order valence-electron chi connectivity index (χ1n) is 6.95. The summed E-state index contributed by atoms with van der Waals surface area (Å²) in [5.41, 5.74) is 1.43. The van der Waals surface area contributed by atoms with Crippen molar-refractivity contribution in [1.82, 2.24) is 5.32 Å². The molecular formula is C15H22BrNS. The van der Waals surface area contributed by atoms with E-state index in [2.05, 4.69) is 58.1 Å². The molecule has 1 aromatic rings. The minimum absolute atomic E-state index is 0.834. The predicted octanol–water partition coefficient (Wildman–Crippen LogP) is 4.98. The Morgan fingerprint density at radius 2 is 2.06 bits per heavy atom. The molecule has 1 fully saturated rings. The molecule has 0 amide bonds. The van der Waals surface area contributed by atoms with Crippen LogP contribution in [0.3, 0.4) is 0 Å². The summed E-state index contributed by atoms with van der Waals surface area (Å²) in [5, 5.41) is 4.27. The highest BCUT2D eigenvalue weighted by Gasteiger charge is 2.16. The topological polar surface area (TPSA) is 12.0 Å². The van der Waals surface area contributed by atoms with Crippen molar-refractivity contribution in [3.63, 3.8) is 0 Å². The molecule has 0 unspecified atom stereocenters. The second-order valence-corrected chi connectivity index (χ2v) is 7.17. The largest absolute Gasteiger partial charge is 0.313 e. The lowest BCUT2D eigenvalue weighted by Gasteiger charge is -2.22. The summed E-state index contributed by atoms with van der Waals surface area (Å²) in [6.45, 7) is 4.16. The van der Waals surface area contributed by atoms with Gasteiger partial charge in [-0.25, -0.2) is 0 Å². The zero-order chi connectivity index (χ0) is 12.8. The maximum atomic E-state index is 3.58. The van der Waals surface area contributed by atoms with E-state index in [9.17, 15) is 0 Å². The SMILES string of the molecule is CCNCc1cc(Br)ccc1SC1CCCCC1. The molecule has 0 atom stereocenters. The van der Waals surface area contributed by atoms with E-state index < -0.39 is 0 Å². The van der Waals surface area contributed by atoms with Crippen molar-refractivity contribution in [3.05, 3.63) is 28.2 Å². The fraction of sp³-hybridized carbons (Fsp3) is 0.600. The van der Waals surface area contributed by atoms with Crippen LogP contribution in [0.2, 0.25) is 0 Å². The van der Waals surface area contributed by atoms with Crippen LogP contribution in [0.25, 0.3) is 0 Å². The molecule has 0 radical (unpaired) electrons. The van der Waals surface area contributed by atoms with Gasteiger partial charge in [-0.3, -0.25) is 0 Å². The molecule has 1 nitrogen and oxygen atoms in total. The van der Waals surface area contributed by atoms with E-state index in [0.29, 0.717) is 0 Å². The summed E-state index contributed by atoms with van der Waals surface area (Å²) in [4.78, 5) is 1.46. The Kier molecular flexibility index (Phi) is 6.06. The van der Waals surface area contributed by atoms with Crippen molar-refractivity contribution >= 4 is 27.7 Å². The van der Waals surface area contributed by atoms with E-state index in [1.165, 1.54) is 47.0 Å². The van der Waals surface area contributed by atoms with Crippen molar-refractivity contribution in [3.8, 4) is 0 Å². The van der Waals surface area contributed by atoms with Gasteiger partial charge in [0.25, 0.3) is 0 Å². The lowest BCUT2D eigenvalue weighted by atomic mass is 10.0. The zero-order valence-electron chi connectivity index (χ0n) is 11.0. The zero-order valence-corrected chi connectivity index (χ0v) is 13.4. The van der Waals surface area contributed by atoms with Gasteiger partial charge < -0.3 is 5.32 Å². The molecule has 2 rings (SSSR count). The maximum Gasteiger partial charge on any atom is 0.0216 e. The quantitative estimate of drug-likeness (QED) is 0.818. The molecule has 100 valence electrons. The number of halogens is 1. The average Bonchev–Trinajstić information content (AvgIpc) is 2.40. The van der Waals surface area contributed by atoms with Gasteiger partial charge in [0.2, 0.25) is 0 Å².